The number of nitrogens with one attached hydrogen (secondary N) is 1. The van der Waals surface area contributed by atoms with Crippen LogP contribution in [0.5, 0.6) is 0 Å². The minimum absolute atomic E-state index is 0.503. The molecule has 0 aliphatic rings. The highest BCUT2D eigenvalue weighted by Gasteiger charge is 2.11. The molecule has 0 bridgehead atoms. The number of aromatic nitrogens is 3. The van der Waals surface area contributed by atoms with Crippen molar-refractivity contribution in [2.24, 2.45) is 0 Å². The third-order valence-electron chi connectivity index (χ3n) is 3.75. The van der Waals surface area contributed by atoms with Crippen molar-refractivity contribution in [3.63, 3.8) is 0 Å². The molecule has 0 aliphatic heterocycles. The Morgan fingerprint density at radius 3 is 2.85 bits per heavy atom. The normalized spacial score (nSPS) is 12.0. The van der Waals surface area contributed by atoms with E-state index in [4.69, 9.17) is 11.6 Å². The summed E-state index contributed by atoms with van der Waals surface area (Å²) >= 11 is 9.48. The van der Waals surface area contributed by atoms with Crippen molar-refractivity contribution in [2.75, 3.05) is 11.9 Å². The minimum Gasteiger partial charge on any atom is -0.619 e. The molecule has 3 aromatic rings. The maximum atomic E-state index is 10.8. The van der Waals surface area contributed by atoms with Crippen molar-refractivity contribution < 1.29 is 4.74 Å². The molecule has 0 unspecified atom stereocenters. The Kier molecular flexibility index (Phi) is 5.93. The molecule has 1 aromatic carbocycles. The van der Waals surface area contributed by atoms with Gasteiger partial charge in [0.25, 0.3) is 0 Å². The number of hydroxylamine groups is 1. The van der Waals surface area contributed by atoms with E-state index in [1.165, 1.54) is 6.20 Å². The van der Waals surface area contributed by atoms with Crippen LogP contribution in [0.2, 0.25) is 5.02 Å². The van der Waals surface area contributed by atoms with E-state index in [-0.39, 0.29) is 0 Å². The standard InChI is InChI=1S/C19H17BrClN5O/c1-13(4-3-9-25(2)27)11-22-18-10-17(14-5-7-15(21)8-6-14)24-19-16(20)12-23-26(18)19/h3-10,12,22H,2,11H2,1H3/b9-3-,13-4+. The van der Waals surface area contributed by atoms with Crippen LogP contribution in [-0.2, 0) is 0 Å². The molecular weight excluding hydrogens is 430 g/mol. The lowest BCUT2D eigenvalue weighted by Gasteiger charge is -2.11. The van der Waals surface area contributed by atoms with Gasteiger partial charge in [-0.3, -0.25) is 0 Å². The van der Waals surface area contributed by atoms with Crippen LogP contribution in [-0.4, -0.2) is 32.6 Å². The van der Waals surface area contributed by atoms with Gasteiger partial charge >= 0.3 is 0 Å². The van der Waals surface area contributed by atoms with Gasteiger partial charge in [0.1, 0.15) is 12.5 Å². The van der Waals surface area contributed by atoms with Crippen molar-refractivity contribution in [3.05, 3.63) is 75.2 Å². The first-order valence-electron chi connectivity index (χ1n) is 8.09. The first-order valence-corrected chi connectivity index (χ1v) is 9.26. The molecule has 0 spiro atoms. The second kappa shape index (κ2) is 8.37. The Hall–Kier alpha value is -2.64. The second-order valence-electron chi connectivity index (χ2n) is 5.89. The molecule has 2 heterocycles. The van der Waals surface area contributed by atoms with E-state index >= 15 is 0 Å². The summed E-state index contributed by atoms with van der Waals surface area (Å²) in [5, 5.41) is 19.2. The monoisotopic (exact) mass is 445 g/mol. The summed E-state index contributed by atoms with van der Waals surface area (Å²) in [6.07, 6.45) is 6.56. The molecule has 3 rings (SSSR count). The molecule has 0 saturated carbocycles. The van der Waals surface area contributed by atoms with Crippen LogP contribution in [0.25, 0.3) is 16.9 Å². The molecule has 138 valence electrons. The lowest BCUT2D eigenvalue weighted by Crippen LogP contribution is -2.09. The number of fused-ring (bicyclic) bond motifs is 1. The number of hydrogen-bond donors (Lipinski definition) is 1. The summed E-state index contributed by atoms with van der Waals surface area (Å²) in [6.45, 7) is 5.77. The number of halogens is 2. The Labute approximate surface area is 170 Å². The summed E-state index contributed by atoms with van der Waals surface area (Å²) < 4.78 is 3.05. The molecule has 0 radical (unpaired) electrons. The zero-order valence-electron chi connectivity index (χ0n) is 14.6. The van der Waals surface area contributed by atoms with Crippen molar-refractivity contribution >= 4 is 45.7 Å². The predicted molar refractivity (Wildman–Crippen MR) is 113 cm³/mol. The van der Waals surface area contributed by atoms with E-state index in [0.717, 1.165) is 27.1 Å². The number of anilines is 1. The van der Waals surface area contributed by atoms with Gasteiger partial charge in [-0.1, -0.05) is 35.4 Å². The zero-order chi connectivity index (χ0) is 19.4. The van der Waals surface area contributed by atoms with Crippen LogP contribution in [0.4, 0.5) is 5.82 Å². The van der Waals surface area contributed by atoms with Crippen LogP contribution < -0.4 is 5.32 Å². The van der Waals surface area contributed by atoms with Gasteiger partial charge in [0.05, 0.1) is 16.4 Å². The predicted octanol–water partition coefficient (Wildman–Crippen LogP) is 4.90. The lowest BCUT2D eigenvalue weighted by atomic mass is 10.1. The first-order chi connectivity index (χ1) is 12.9. The zero-order valence-corrected chi connectivity index (χ0v) is 16.9. The van der Waals surface area contributed by atoms with Crippen molar-refractivity contribution in [3.8, 4) is 11.3 Å². The van der Waals surface area contributed by atoms with Gasteiger partial charge in [-0.15, -0.1) is 0 Å². The number of rotatable bonds is 6. The molecular formula is C19H17BrClN5O. The van der Waals surface area contributed by atoms with Gasteiger partial charge in [0.2, 0.25) is 0 Å². The van der Waals surface area contributed by atoms with E-state index < -0.39 is 0 Å². The van der Waals surface area contributed by atoms with Crippen molar-refractivity contribution in [2.45, 2.75) is 6.92 Å². The summed E-state index contributed by atoms with van der Waals surface area (Å²) in [7, 11) is 0. The molecule has 6 nitrogen and oxygen atoms in total. The summed E-state index contributed by atoms with van der Waals surface area (Å²) in [6, 6.07) is 9.47. The van der Waals surface area contributed by atoms with Gasteiger partial charge in [0.15, 0.2) is 11.8 Å². The summed E-state index contributed by atoms with van der Waals surface area (Å²) in [5.41, 5.74) is 3.52. The fourth-order valence-corrected chi connectivity index (χ4v) is 2.90. The second-order valence-corrected chi connectivity index (χ2v) is 7.18. The van der Waals surface area contributed by atoms with Gasteiger partial charge in [-0.05, 0) is 35.0 Å². The smallest absolute Gasteiger partial charge is 0.179 e. The molecule has 0 saturated heterocycles. The Morgan fingerprint density at radius 2 is 2.15 bits per heavy atom. The Morgan fingerprint density at radius 1 is 1.41 bits per heavy atom. The van der Waals surface area contributed by atoms with E-state index in [1.807, 2.05) is 43.3 Å². The van der Waals surface area contributed by atoms with E-state index in [0.29, 0.717) is 22.0 Å². The SMILES string of the molecule is C=[N+]([O-])/C=C\C=C(/C)CNc1cc(-c2ccc(Cl)cc2)nc2c(Br)cnn12. The minimum atomic E-state index is 0.503. The average Bonchev–Trinajstić information content (AvgIpc) is 3.01. The molecule has 0 fully saturated rings. The Bertz CT molecular complexity index is 1040. The molecule has 0 atom stereocenters. The van der Waals surface area contributed by atoms with E-state index in [9.17, 15) is 5.21 Å². The molecule has 2 aromatic heterocycles. The number of nitrogens with zero attached hydrogens (tertiary/aromatic N) is 4. The molecule has 27 heavy (non-hydrogen) atoms. The third kappa shape index (κ3) is 4.75. The summed E-state index contributed by atoms with van der Waals surface area (Å²) in [4.78, 5) is 4.69. The first kappa shape index (κ1) is 19.1. The number of benzene rings is 1. The van der Waals surface area contributed by atoms with Gasteiger partial charge in [-0.25, -0.2) is 4.98 Å². The Balaban J connectivity index is 1.92. The van der Waals surface area contributed by atoms with E-state index in [1.54, 1.807) is 16.8 Å². The van der Waals surface area contributed by atoms with Crippen LogP contribution in [0.15, 0.2) is 64.9 Å². The van der Waals surface area contributed by atoms with Crippen molar-refractivity contribution in [1.29, 1.82) is 0 Å². The van der Waals surface area contributed by atoms with Gasteiger partial charge in [0, 0.05) is 29.3 Å². The van der Waals surface area contributed by atoms with Crippen LogP contribution in [0.1, 0.15) is 6.92 Å². The van der Waals surface area contributed by atoms with Gasteiger partial charge in [-0.2, -0.15) is 14.4 Å². The average molecular weight is 447 g/mol. The quantitative estimate of drug-likeness (QED) is 0.192. The van der Waals surface area contributed by atoms with Crippen LogP contribution >= 0.6 is 27.5 Å². The lowest BCUT2D eigenvalue weighted by molar-refractivity contribution is -0.367. The fourth-order valence-electron chi connectivity index (χ4n) is 2.42. The highest BCUT2D eigenvalue weighted by Crippen LogP contribution is 2.26. The van der Waals surface area contributed by atoms with Gasteiger partial charge < -0.3 is 10.5 Å². The maximum absolute atomic E-state index is 10.8. The number of hydrogen-bond acceptors (Lipinski definition) is 4. The fraction of sp³-hybridized carbons (Fsp3) is 0.105. The molecule has 1 N–H and O–H groups in total. The largest absolute Gasteiger partial charge is 0.619 e. The van der Waals surface area contributed by atoms with Crippen LogP contribution in [0.3, 0.4) is 0 Å². The maximum Gasteiger partial charge on any atom is 0.179 e. The molecule has 0 amide bonds. The number of allylic oxidation sites excluding steroid dienone is 2. The van der Waals surface area contributed by atoms with Crippen LogP contribution in [0, 0.1) is 5.21 Å². The summed E-state index contributed by atoms with van der Waals surface area (Å²) in [5.74, 6) is 0.801. The highest BCUT2D eigenvalue weighted by molar-refractivity contribution is 9.10. The third-order valence-corrected chi connectivity index (χ3v) is 4.56. The van der Waals surface area contributed by atoms with E-state index in [2.05, 4.69) is 38.0 Å². The molecule has 8 heteroatoms. The topological polar surface area (TPSA) is 68.3 Å². The molecule has 0 aliphatic carbocycles. The van der Waals surface area contributed by atoms with Crippen molar-refractivity contribution in [1.82, 2.24) is 14.6 Å². The highest BCUT2D eigenvalue weighted by atomic mass is 79.9.